The van der Waals surface area contributed by atoms with E-state index < -0.39 is 0 Å². The summed E-state index contributed by atoms with van der Waals surface area (Å²) in [6.45, 7) is 0.461. The Kier molecular flexibility index (Phi) is 2.26. The topological polar surface area (TPSA) is 35.2 Å². The number of fused-ring (bicyclic) bond motifs is 1. The molecular formula is C9H9BrFNO. The molecule has 1 atom stereocenters. The van der Waals surface area contributed by atoms with E-state index in [-0.39, 0.29) is 11.9 Å². The molecule has 2 N–H and O–H groups in total. The number of nitrogens with two attached hydrogens (primary N) is 1. The molecule has 0 aromatic heterocycles. The van der Waals surface area contributed by atoms with E-state index >= 15 is 0 Å². The number of hydrogen-bond donors (Lipinski definition) is 1. The Morgan fingerprint density at radius 2 is 2.31 bits per heavy atom. The summed E-state index contributed by atoms with van der Waals surface area (Å²) in [5.74, 6) is 0.355. The van der Waals surface area contributed by atoms with Crippen molar-refractivity contribution in [3.63, 3.8) is 0 Å². The number of benzene rings is 1. The van der Waals surface area contributed by atoms with E-state index in [0.29, 0.717) is 28.8 Å². The normalized spacial score (nSPS) is 20.7. The Hall–Kier alpha value is -0.610. The summed E-state index contributed by atoms with van der Waals surface area (Å²) in [4.78, 5) is 0. The third-order valence-electron chi connectivity index (χ3n) is 2.04. The number of ether oxygens (including phenoxy) is 1. The summed E-state index contributed by atoms with van der Waals surface area (Å²) in [6, 6.07) is 3.10. The van der Waals surface area contributed by atoms with Crippen LogP contribution in [0.25, 0.3) is 0 Å². The number of hydrogen-bond acceptors (Lipinski definition) is 2. The first-order valence-corrected chi connectivity index (χ1v) is 4.82. The monoisotopic (exact) mass is 245 g/mol. The summed E-state index contributed by atoms with van der Waals surface area (Å²) < 4.78 is 19.3. The van der Waals surface area contributed by atoms with E-state index in [1.54, 1.807) is 6.07 Å². The van der Waals surface area contributed by atoms with E-state index in [1.165, 1.54) is 6.07 Å². The van der Waals surface area contributed by atoms with E-state index in [9.17, 15) is 4.39 Å². The van der Waals surface area contributed by atoms with E-state index in [2.05, 4.69) is 15.9 Å². The van der Waals surface area contributed by atoms with Crippen LogP contribution in [0.1, 0.15) is 5.56 Å². The summed E-state index contributed by atoms with van der Waals surface area (Å²) in [6.07, 6.45) is 0.550. The molecule has 13 heavy (non-hydrogen) atoms. The molecule has 1 aromatic carbocycles. The summed E-state index contributed by atoms with van der Waals surface area (Å²) in [5, 5.41) is 0. The van der Waals surface area contributed by atoms with Crippen molar-refractivity contribution in [2.45, 2.75) is 12.5 Å². The Morgan fingerprint density at radius 1 is 1.54 bits per heavy atom. The summed E-state index contributed by atoms with van der Waals surface area (Å²) in [7, 11) is 0. The molecule has 1 aliphatic rings. The third kappa shape index (κ3) is 1.69. The van der Waals surface area contributed by atoms with Crippen molar-refractivity contribution >= 4 is 15.9 Å². The lowest BCUT2D eigenvalue weighted by atomic mass is 10.0. The average molecular weight is 246 g/mol. The Bertz CT molecular complexity index is 343. The van der Waals surface area contributed by atoms with Crippen molar-refractivity contribution < 1.29 is 9.13 Å². The SMILES string of the molecule is NC1COc2cc(Br)cc(F)c2C1. The minimum atomic E-state index is -0.250. The van der Waals surface area contributed by atoms with Crippen molar-refractivity contribution in [3.05, 3.63) is 28.0 Å². The zero-order chi connectivity index (χ0) is 9.42. The smallest absolute Gasteiger partial charge is 0.131 e. The maximum Gasteiger partial charge on any atom is 0.131 e. The van der Waals surface area contributed by atoms with Crippen LogP contribution in [0, 0.1) is 5.82 Å². The van der Waals surface area contributed by atoms with Gasteiger partial charge in [0.2, 0.25) is 0 Å². The molecule has 0 bridgehead atoms. The Labute approximate surface area is 84.0 Å². The Balaban J connectivity index is 2.47. The van der Waals surface area contributed by atoms with Crippen molar-refractivity contribution in [2.75, 3.05) is 6.61 Å². The van der Waals surface area contributed by atoms with Crippen LogP contribution in [-0.2, 0) is 6.42 Å². The lowest BCUT2D eigenvalue weighted by Gasteiger charge is -2.22. The molecule has 70 valence electrons. The molecule has 1 aliphatic heterocycles. The minimum Gasteiger partial charge on any atom is -0.492 e. The highest BCUT2D eigenvalue weighted by atomic mass is 79.9. The second-order valence-electron chi connectivity index (χ2n) is 3.14. The lowest BCUT2D eigenvalue weighted by Crippen LogP contribution is -2.34. The van der Waals surface area contributed by atoms with E-state index in [4.69, 9.17) is 10.5 Å². The first-order chi connectivity index (χ1) is 6.16. The van der Waals surface area contributed by atoms with Gasteiger partial charge in [0.15, 0.2) is 0 Å². The fraction of sp³-hybridized carbons (Fsp3) is 0.333. The average Bonchev–Trinajstić information content (AvgIpc) is 2.06. The van der Waals surface area contributed by atoms with Gasteiger partial charge in [-0.2, -0.15) is 0 Å². The second kappa shape index (κ2) is 3.27. The predicted molar refractivity (Wildman–Crippen MR) is 51.3 cm³/mol. The molecule has 2 rings (SSSR count). The zero-order valence-corrected chi connectivity index (χ0v) is 8.47. The van der Waals surface area contributed by atoms with Crippen LogP contribution < -0.4 is 10.5 Å². The minimum absolute atomic E-state index is 0.0943. The van der Waals surface area contributed by atoms with Crippen LogP contribution in [0.4, 0.5) is 4.39 Å². The van der Waals surface area contributed by atoms with Crippen LogP contribution >= 0.6 is 15.9 Å². The van der Waals surface area contributed by atoms with Gasteiger partial charge in [0.25, 0.3) is 0 Å². The number of halogens is 2. The van der Waals surface area contributed by atoms with Gasteiger partial charge in [0.1, 0.15) is 18.2 Å². The first-order valence-electron chi connectivity index (χ1n) is 4.03. The fourth-order valence-electron chi connectivity index (χ4n) is 1.42. The van der Waals surface area contributed by atoms with Crippen molar-refractivity contribution in [1.29, 1.82) is 0 Å². The quantitative estimate of drug-likeness (QED) is 0.758. The molecule has 1 unspecified atom stereocenters. The van der Waals surface area contributed by atoms with E-state index in [0.717, 1.165) is 0 Å². The van der Waals surface area contributed by atoms with Gasteiger partial charge in [-0.15, -0.1) is 0 Å². The van der Waals surface area contributed by atoms with Crippen molar-refractivity contribution in [2.24, 2.45) is 5.73 Å². The molecule has 1 aromatic rings. The van der Waals surface area contributed by atoms with Crippen molar-refractivity contribution in [1.82, 2.24) is 0 Å². The van der Waals surface area contributed by atoms with Gasteiger partial charge in [0.05, 0.1) is 0 Å². The van der Waals surface area contributed by atoms with Crippen LogP contribution in [0.15, 0.2) is 16.6 Å². The molecule has 1 heterocycles. The van der Waals surface area contributed by atoms with Crippen LogP contribution in [0.2, 0.25) is 0 Å². The second-order valence-corrected chi connectivity index (χ2v) is 4.06. The highest BCUT2D eigenvalue weighted by molar-refractivity contribution is 9.10. The standard InChI is InChI=1S/C9H9BrFNO/c10-5-1-8(11)7-3-6(12)4-13-9(7)2-5/h1-2,6H,3-4,12H2. The molecule has 2 nitrogen and oxygen atoms in total. The molecular weight excluding hydrogens is 237 g/mol. The van der Waals surface area contributed by atoms with E-state index in [1.807, 2.05) is 0 Å². The molecule has 0 saturated carbocycles. The first kappa shape index (κ1) is 8.97. The largest absolute Gasteiger partial charge is 0.492 e. The van der Waals surface area contributed by atoms with Crippen LogP contribution in [0.3, 0.4) is 0 Å². The maximum absolute atomic E-state index is 13.3. The van der Waals surface area contributed by atoms with Crippen LogP contribution in [0.5, 0.6) is 5.75 Å². The fourth-order valence-corrected chi connectivity index (χ4v) is 1.83. The maximum atomic E-state index is 13.3. The van der Waals surface area contributed by atoms with Gasteiger partial charge in [-0.3, -0.25) is 0 Å². The van der Waals surface area contributed by atoms with Gasteiger partial charge in [-0.05, 0) is 18.6 Å². The zero-order valence-electron chi connectivity index (χ0n) is 6.89. The van der Waals surface area contributed by atoms with Crippen molar-refractivity contribution in [3.8, 4) is 5.75 Å². The van der Waals surface area contributed by atoms with Gasteiger partial charge >= 0.3 is 0 Å². The molecule has 0 fully saturated rings. The van der Waals surface area contributed by atoms with Gasteiger partial charge in [-0.1, -0.05) is 15.9 Å². The number of rotatable bonds is 0. The summed E-state index contributed by atoms with van der Waals surface area (Å²) >= 11 is 3.21. The molecule has 4 heteroatoms. The van der Waals surface area contributed by atoms with Gasteiger partial charge in [0, 0.05) is 16.1 Å². The molecule has 0 spiro atoms. The van der Waals surface area contributed by atoms with Crippen LogP contribution in [-0.4, -0.2) is 12.6 Å². The highest BCUT2D eigenvalue weighted by Gasteiger charge is 2.20. The third-order valence-corrected chi connectivity index (χ3v) is 2.50. The highest BCUT2D eigenvalue weighted by Crippen LogP contribution is 2.30. The van der Waals surface area contributed by atoms with Gasteiger partial charge < -0.3 is 10.5 Å². The molecule has 0 radical (unpaired) electrons. The lowest BCUT2D eigenvalue weighted by molar-refractivity contribution is 0.259. The predicted octanol–water partition coefficient (Wildman–Crippen LogP) is 1.85. The summed E-state index contributed by atoms with van der Waals surface area (Å²) in [5.41, 5.74) is 6.24. The Morgan fingerprint density at radius 3 is 3.08 bits per heavy atom. The molecule has 0 aliphatic carbocycles. The molecule has 0 amide bonds. The van der Waals surface area contributed by atoms with Gasteiger partial charge in [-0.25, -0.2) is 4.39 Å². The molecule has 0 saturated heterocycles.